The van der Waals surface area contributed by atoms with Gasteiger partial charge in [-0.15, -0.1) is 0 Å². The van der Waals surface area contributed by atoms with E-state index in [0.717, 1.165) is 43.9 Å². The van der Waals surface area contributed by atoms with Crippen LogP contribution in [0.1, 0.15) is 18.4 Å². The van der Waals surface area contributed by atoms with E-state index in [-0.39, 0.29) is 0 Å². The van der Waals surface area contributed by atoms with E-state index in [0.29, 0.717) is 15.9 Å². The zero-order valence-corrected chi connectivity index (χ0v) is 12.6. The minimum atomic E-state index is 0.337. The molecule has 0 spiro atoms. The lowest BCUT2D eigenvalue weighted by Crippen LogP contribution is -2.29. The Balaban J connectivity index is 2.04. The Kier molecular flexibility index (Phi) is 5.02. The second-order valence-electron chi connectivity index (χ2n) is 4.96. The molecule has 1 aromatic rings. The van der Waals surface area contributed by atoms with Crippen molar-refractivity contribution in [1.82, 2.24) is 0 Å². The summed E-state index contributed by atoms with van der Waals surface area (Å²) in [6, 6.07) is 5.83. The van der Waals surface area contributed by atoms with Gasteiger partial charge in [-0.05, 0) is 37.0 Å². The molecule has 104 valence electrons. The van der Waals surface area contributed by atoms with Crippen LogP contribution in [0.2, 0.25) is 5.02 Å². The number of nitrogens with zero attached hydrogens (tertiary/aromatic N) is 1. The Morgan fingerprint density at radius 1 is 1.47 bits per heavy atom. The van der Waals surface area contributed by atoms with Crippen LogP contribution in [0, 0.1) is 5.92 Å². The predicted octanol–water partition coefficient (Wildman–Crippen LogP) is 2.84. The second-order valence-corrected chi connectivity index (χ2v) is 5.81. The number of nitrogens with two attached hydrogens (primary N) is 1. The smallest absolute Gasteiger partial charge is 0.105 e. The van der Waals surface area contributed by atoms with Crippen LogP contribution < -0.4 is 10.6 Å². The second kappa shape index (κ2) is 6.55. The van der Waals surface area contributed by atoms with Crippen LogP contribution in [-0.2, 0) is 4.74 Å². The fourth-order valence-electron chi connectivity index (χ4n) is 2.36. The van der Waals surface area contributed by atoms with Gasteiger partial charge in [0.15, 0.2) is 0 Å². The van der Waals surface area contributed by atoms with Gasteiger partial charge in [0.2, 0.25) is 0 Å². The lowest BCUT2D eigenvalue weighted by Gasteiger charge is -2.28. The fraction of sp³-hybridized carbons (Fsp3) is 0.500. The van der Waals surface area contributed by atoms with Gasteiger partial charge in [-0.3, -0.25) is 0 Å². The van der Waals surface area contributed by atoms with Crippen LogP contribution in [-0.4, -0.2) is 31.8 Å². The monoisotopic (exact) mass is 298 g/mol. The Labute approximate surface area is 124 Å². The minimum absolute atomic E-state index is 0.337. The zero-order valence-electron chi connectivity index (χ0n) is 11.1. The SMILES string of the molecule is CN(CC1CCOCC1)c1ccc(C(N)=S)c(Cl)c1. The number of hydrogen-bond acceptors (Lipinski definition) is 3. The van der Waals surface area contributed by atoms with Gasteiger partial charge in [0.05, 0.1) is 5.02 Å². The van der Waals surface area contributed by atoms with E-state index in [2.05, 4.69) is 11.9 Å². The van der Waals surface area contributed by atoms with Crippen molar-refractivity contribution in [3.8, 4) is 0 Å². The topological polar surface area (TPSA) is 38.5 Å². The fourth-order valence-corrected chi connectivity index (χ4v) is 2.87. The third-order valence-corrected chi connectivity index (χ3v) is 4.06. The molecule has 0 aliphatic carbocycles. The van der Waals surface area contributed by atoms with E-state index in [4.69, 9.17) is 34.3 Å². The van der Waals surface area contributed by atoms with Gasteiger partial charge in [0.1, 0.15) is 4.99 Å². The first-order valence-corrected chi connectivity index (χ1v) is 7.25. The molecule has 2 N–H and O–H groups in total. The van der Waals surface area contributed by atoms with E-state index >= 15 is 0 Å². The lowest BCUT2D eigenvalue weighted by molar-refractivity contribution is 0.0685. The van der Waals surface area contributed by atoms with E-state index in [1.807, 2.05) is 18.2 Å². The molecule has 1 aromatic carbocycles. The number of halogens is 1. The van der Waals surface area contributed by atoms with Crippen molar-refractivity contribution in [3.63, 3.8) is 0 Å². The number of anilines is 1. The number of ether oxygens (including phenoxy) is 1. The van der Waals surface area contributed by atoms with Crippen LogP contribution in [0.3, 0.4) is 0 Å². The largest absolute Gasteiger partial charge is 0.389 e. The van der Waals surface area contributed by atoms with Crippen molar-refractivity contribution in [3.05, 3.63) is 28.8 Å². The first kappa shape index (κ1) is 14.6. The highest BCUT2D eigenvalue weighted by Crippen LogP contribution is 2.25. The third-order valence-electron chi connectivity index (χ3n) is 3.53. The quantitative estimate of drug-likeness (QED) is 0.868. The van der Waals surface area contributed by atoms with Gasteiger partial charge >= 0.3 is 0 Å². The van der Waals surface area contributed by atoms with Gasteiger partial charge in [-0.1, -0.05) is 23.8 Å². The summed E-state index contributed by atoms with van der Waals surface area (Å²) >= 11 is 11.2. The Morgan fingerprint density at radius 3 is 2.74 bits per heavy atom. The summed E-state index contributed by atoms with van der Waals surface area (Å²) in [6.45, 7) is 2.77. The summed E-state index contributed by atoms with van der Waals surface area (Å²) in [6.07, 6.45) is 2.26. The number of thiocarbonyl (C=S) groups is 1. The average Bonchev–Trinajstić information content (AvgIpc) is 2.39. The average molecular weight is 299 g/mol. The normalized spacial score (nSPS) is 16.3. The van der Waals surface area contributed by atoms with E-state index in [1.165, 1.54) is 0 Å². The zero-order chi connectivity index (χ0) is 13.8. The number of rotatable bonds is 4. The summed E-state index contributed by atoms with van der Waals surface area (Å²) in [5.41, 5.74) is 7.44. The molecule has 1 aliphatic rings. The molecule has 0 saturated carbocycles. The molecule has 0 atom stereocenters. The standard InChI is InChI=1S/C14H19ClN2OS/c1-17(9-10-4-6-18-7-5-10)11-2-3-12(14(16)19)13(15)8-11/h2-3,8,10H,4-7,9H2,1H3,(H2,16,19). The first-order chi connectivity index (χ1) is 9.08. The Morgan fingerprint density at radius 2 is 2.16 bits per heavy atom. The summed E-state index contributed by atoms with van der Waals surface area (Å²) in [4.78, 5) is 2.56. The molecule has 5 heteroatoms. The highest BCUT2D eigenvalue weighted by atomic mass is 35.5. The summed E-state index contributed by atoms with van der Waals surface area (Å²) in [5, 5.41) is 0.615. The Bertz CT molecular complexity index is 461. The Hall–Kier alpha value is -0.840. The maximum atomic E-state index is 6.20. The molecule has 0 unspecified atom stereocenters. The lowest BCUT2D eigenvalue weighted by atomic mass is 9.99. The highest BCUT2D eigenvalue weighted by Gasteiger charge is 2.16. The van der Waals surface area contributed by atoms with Gasteiger partial charge < -0.3 is 15.4 Å². The summed E-state index contributed by atoms with van der Waals surface area (Å²) < 4.78 is 5.38. The molecule has 0 bridgehead atoms. The predicted molar refractivity (Wildman–Crippen MR) is 84.2 cm³/mol. The molecule has 1 heterocycles. The third kappa shape index (κ3) is 3.81. The van der Waals surface area contributed by atoms with Crippen LogP contribution in [0.5, 0.6) is 0 Å². The first-order valence-electron chi connectivity index (χ1n) is 6.46. The maximum absolute atomic E-state index is 6.20. The molecule has 0 aromatic heterocycles. The van der Waals surface area contributed by atoms with Crippen molar-refractivity contribution >= 4 is 34.5 Å². The molecule has 1 fully saturated rings. The van der Waals surface area contributed by atoms with Crippen molar-refractivity contribution in [2.45, 2.75) is 12.8 Å². The van der Waals surface area contributed by atoms with Crippen LogP contribution >= 0.6 is 23.8 Å². The van der Waals surface area contributed by atoms with Crippen molar-refractivity contribution in [2.75, 3.05) is 31.7 Å². The molecule has 1 saturated heterocycles. The minimum Gasteiger partial charge on any atom is -0.389 e. The van der Waals surface area contributed by atoms with Gasteiger partial charge in [0.25, 0.3) is 0 Å². The van der Waals surface area contributed by atoms with E-state index in [9.17, 15) is 0 Å². The molecule has 0 amide bonds. The van der Waals surface area contributed by atoms with Crippen molar-refractivity contribution in [1.29, 1.82) is 0 Å². The van der Waals surface area contributed by atoms with Gasteiger partial charge in [0, 0.05) is 38.1 Å². The van der Waals surface area contributed by atoms with Crippen LogP contribution in [0.25, 0.3) is 0 Å². The molecule has 19 heavy (non-hydrogen) atoms. The molecular formula is C14H19ClN2OS. The van der Waals surface area contributed by atoms with Gasteiger partial charge in [-0.2, -0.15) is 0 Å². The molecule has 0 radical (unpaired) electrons. The van der Waals surface area contributed by atoms with Crippen molar-refractivity contribution in [2.24, 2.45) is 11.7 Å². The van der Waals surface area contributed by atoms with Crippen LogP contribution in [0.15, 0.2) is 18.2 Å². The molecule has 3 nitrogen and oxygen atoms in total. The van der Waals surface area contributed by atoms with Gasteiger partial charge in [-0.25, -0.2) is 0 Å². The molecule has 1 aliphatic heterocycles. The number of benzene rings is 1. The number of hydrogen-bond donors (Lipinski definition) is 1. The molecular weight excluding hydrogens is 280 g/mol. The highest BCUT2D eigenvalue weighted by molar-refractivity contribution is 7.80. The maximum Gasteiger partial charge on any atom is 0.105 e. The van der Waals surface area contributed by atoms with E-state index < -0.39 is 0 Å². The summed E-state index contributed by atoms with van der Waals surface area (Å²) in [7, 11) is 2.08. The van der Waals surface area contributed by atoms with Crippen LogP contribution in [0.4, 0.5) is 5.69 Å². The van der Waals surface area contributed by atoms with Crippen molar-refractivity contribution < 1.29 is 4.74 Å². The van der Waals surface area contributed by atoms with E-state index in [1.54, 1.807) is 0 Å². The summed E-state index contributed by atoms with van der Waals surface area (Å²) in [5.74, 6) is 0.688. The molecule has 2 rings (SSSR count).